The molecule has 12 nitrogen and oxygen atoms in total. The lowest BCUT2D eigenvalue weighted by Gasteiger charge is -2.40. The fraction of sp³-hybridized carbons (Fsp3) is 0.381. The van der Waals surface area contributed by atoms with E-state index < -0.39 is 23.8 Å². The number of carbonyl (C=O) groups excluding carboxylic acids is 4. The van der Waals surface area contributed by atoms with Gasteiger partial charge in [0.05, 0.1) is 39.6 Å². The molecule has 3 saturated heterocycles. The first-order valence-electron chi connectivity index (χ1n) is 19.0. The quantitative estimate of drug-likeness (QED) is 0.241. The van der Waals surface area contributed by atoms with Gasteiger partial charge in [-0.2, -0.15) is 10.4 Å². The van der Waals surface area contributed by atoms with Gasteiger partial charge in [-0.25, -0.2) is 0 Å². The number of halogens is 1. The Morgan fingerprint density at radius 3 is 2.31 bits per heavy atom. The van der Waals surface area contributed by atoms with E-state index in [1.165, 1.54) is 11.3 Å². The molecule has 1 unspecified atom stereocenters. The molecular formula is C42H43ClN8O4. The average Bonchev–Trinajstić information content (AvgIpc) is 3.62. The van der Waals surface area contributed by atoms with E-state index in [1.54, 1.807) is 18.2 Å². The highest BCUT2D eigenvalue weighted by Crippen LogP contribution is 2.36. The van der Waals surface area contributed by atoms with Crippen LogP contribution in [0.3, 0.4) is 0 Å². The zero-order valence-corrected chi connectivity index (χ0v) is 31.8. The summed E-state index contributed by atoms with van der Waals surface area (Å²) in [6.45, 7) is 11.3. The number of hydrogen-bond acceptors (Lipinski definition) is 9. The SMILES string of the molecule is Cc1c(-c2ccc(C#N)c(Cl)c2)nn(Cc2ccc(N3CCN(CC4CCN(c5cccc6c5C(=O)N(C5CCC(=O)NC5=O)C6=O)CC4)CC3)cc2)c1C. The van der Waals surface area contributed by atoms with Gasteiger partial charge in [-0.1, -0.05) is 35.9 Å². The van der Waals surface area contributed by atoms with Crippen LogP contribution in [0.4, 0.5) is 11.4 Å². The summed E-state index contributed by atoms with van der Waals surface area (Å²) in [6, 6.07) is 20.7. The highest BCUT2D eigenvalue weighted by atomic mass is 35.5. The number of carbonyl (C=O) groups is 4. The van der Waals surface area contributed by atoms with E-state index in [-0.39, 0.29) is 18.7 Å². The Balaban J connectivity index is 0.828. The summed E-state index contributed by atoms with van der Waals surface area (Å²) in [6.07, 6.45) is 2.22. The van der Waals surface area contributed by atoms with Crippen LogP contribution in [-0.4, -0.2) is 95.1 Å². The molecule has 1 atom stereocenters. The van der Waals surface area contributed by atoms with Crippen LogP contribution in [0, 0.1) is 31.1 Å². The Morgan fingerprint density at radius 1 is 0.873 bits per heavy atom. The highest BCUT2D eigenvalue weighted by molar-refractivity contribution is 6.32. The van der Waals surface area contributed by atoms with Gasteiger partial charge in [0.1, 0.15) is 12.1 Å². The number of amides is 4. The van der Waals surface area contributed by atoms with Crippen molar-refractivity contribution in [2.45, 2.75) is 52.1 Å². The van der Waals surface area contributed by atoms with Gasteiger partial charge in [0.2, 0.25) is 11.8 Å². The van der Waals surface area contributed by atoms with Crippen molar-refractivity contribution in [2.75, 3.05) is 55.6 Å². The molecule has 4 aromatic rings. The molecule has 1 aromatic heterocycles. The van der Waals surface area contributed by atoms with Crippen LogP contribution in [0.1, 0.15) is 68.8 Å². The Bertz CT molecular complexity index is 2230. The van der Waals surface area contributed by atoms with Gasteiger partial charge in [0.25, 0.3) is 11.8 Å². The van der Waals surface area contributed by atoms with Gasteiger partial charge in [-0.05, 0) is 86.6 Å². The van der Waals surface area contributed by atoms with E-state index in [1.807, 2.05) is 22.9 Å². The summed E-state index contributed by atoms with van der Waals surface area (Å²) in [5.74, 6) is -1.36. The minimum absolute atomic E-state index is 0.0986. The van der Waals surface area contributed by atoms with Crippen molar-refractivity contribution in [3.8, 4) is 17.3 Å². The third-order valence-electron chi connectivity index (χ3n) is 11.8. The minimum Gasteiger partial charge on any atom is -0.371 e. The Hall–Kier alpha value is -5.51. The Labute approximate surface area is 325 Å². The van der Waals surface area contributed by atoms with Crippen LogP contribution >= 0.6 is 11.6 Å². The van der Waals surface area contributed by atoms with Crippen LogP contribution < -0.4 is 15.1 Å². The van der Waals surface area contributed by atoms with Crippen LogP contribution in [0.5, 0.6) is 0 Å². The van der Waals surface area contributed by atoms with Crippen molar-refractivity contribution in [3.05, 3.63) is 99.2 Å². The number of benzene rings is 3. The first-order chi connectivity index (χ1) is 26.6. The second kappa shape index (κ2) is 15.0. The molecule has 13 heteroatoms. The maximum Gasteiger partial charge on any atom is 0.264 e. The number of piperidine rings is 2. The van der Waals surface area contributed by atoms with Crippen LogP contribution in [-0.2, 0) is 16.1 Å². The molecule has 0 spiro atoms. The first-order valence-corrected chi connectivity index (χ1v) is 19.4. The van der Waals surface area contributed by atoms with Gasteiger partial charge in [-0.3, -0.25) is 39.0 Å². The number of imide groups is 2. The Morgan fingerprint density at radius 2 is 1.62 bits per heavy atom. The number of anilines is 2. The van der Waals surface area contributed by atoms with Gasteiger partial charge in [-0.15, -0.1) is 0 Å². The smallest absolute Gasteiger partial charge is 0.264 e. The van der Waals surface area contributed by atoms with Crippen LogP contribution in [0.2, 0.25) is 5.02 Å². The zero-order valence-electron chi connectivity index (χ0n) is 31.1. The molecule has 4 amide bonds. The number of rotatable bonds is 8. The lowest BCUT2D eigenvalue weighted by molar-refractivity contribution is -0.136. The third-order valence-corrected chi connectivity index (χ3v) is 12.1. The monoisotopic (exact) mass is 758 g/mol. The molecule has 0 bridgehead atoms. The minimum atomic E-state index is -0.970. The van der Waals surface area contributed by atoms with Gasteiger partial charge in [0, 0.05) is 69.2 Å². The predicted octanol–water partition coefficient (Wildman–Crippen LogP) is 5.18. The number of hydrogen-bond donors (Lipinski definition) is 1. The van der Waals surface area contributed by atoms with E-state index in [9.17, 15) is 24.4 Å². The molecule has 0 saturated carbocycles. The number of nitrogens with zero attached hydrogens (tertiary/aromatic N) is 7. The number of piperazine rings is 1. The van der Waals surface area contributed by atoms with Crippen molar-refractivity contribution >= 4 is 46.6 Å². The topological polar surface area (TPSA) is 135 Å². The van der Waals surface area contributed by atoms with E-state index in [0.717, 1.165) is 91.8 Å². The largest absolute Gasteiger partial charge is 0.371 e. The number of fused-ring (bicyclic) bond motifs is 1. The van der Waals surface area contributed by atoms with Gasteiger partial charge >= 0.3 is 0 Å². The molecule has 8 rings (SSSR count). The fourth-order valence-corrected chi connectivity index (χ4v) is 8.70. The lowest BCUT2D eigenvalue weighted by Crippen LogP contribution is -2.54. The molecule has 0 aliphatic carbocycles. The molecule has 282 valence electrons. The number of nitriles is 1. The van der Waals surface area contributed by atoms with Crippen molar-refractivity contribution in [2.24, 2.45) is 5.92 Å². The summed E-state index contributed by atoms with van der Waals surface area (Å²) in [4.78, 5) is 59.4. The molecule has 1 N–H and O–H groups in total. The molecule has 4 aliphatic rings. The molecule has 4 aliphatic heterocycles. The summed E-state index contributed by atoms with van der Waals surface area (Å²) in [5.41, 5.74) is 8.24. The van der Waals surface area contributed by atoms with Crippen molar-refractivity contribution in [1.29, 1.82) is 5.26 Å². The van der Waals surface area contributed by atoms with E-state index >= 15 is 0 Å². The molecular weight excluding hydrogens is 716 g/mol. The molecule has 3 fully saturated rings. The second-order valence-corrected chi connectivity index (χ2v) is 15.5. The summed E-state index contributed by atoms with van der Waals surface area (Å²) < 4.78 is 2.03. The molecule has 55 heavy (non-hydrogen) atoms. The molecule has 0 radical (unpaired) electrons. The zero-order chi connectivity index (χ0) is 38.4. The predicted molar refractivity (Wildman–Crippen MR) is 209 cm³/mol. The van der Waals surface area contributed by atoms with E-state index in [4.69, 9.17) is 16.7 Å². The highest BCUT2D eigenvalue weighted by Gasteiger charge is 2.46. The number of aromatic nitrogens is 2. The van der Waals surface area contributed by atoms with Crippen molar-refractivity contribution in [3.63, 3.8) is 0 Å². The van der Waals surface area contributed by atoms with Crippen LogP contribution in [0.25, 0.3) is 11.3 Å². The van der Waals surface area contributed by atoms with Crippen molar-refractivity contribution in [1.82, 2.24) is 24.9 Å². The molecule has 3 aromatic carbocycles. The molecule has 5 heterocycles. The standard InChI is InChI=1S/C42H43ClN8O4/c1-26-27(2)50(46-39(26)30-8-9-31(23-44)34(43)22-30)25-28-6-10-32(11-7-28)48-20-18-47(19-21-48)24-29-14-16-49(17-15-29)35-5-3-4-33-38(35)42(55)51(41(33)54)36-12-13-37(52)45-40(36)53/h3-11,22,29,36H,12-21,24-25H2,1-2H3,(H,45,52,53). The fourth-order valence-electron chi connectivity index (χ4n) is 8.47. The van der Waals surface area contributed by atoms with E-state index in [0.29, 0.717) is 34.2 Å². The number of nitrogens with one attached hydrogen (secondary N) is 1. The van der Waals surface area contributed by atoms with Gasteiger partial charge < -0.3 is 9.80 Å². The van der Waals surface area contributed by atoms with Crippen LogP contribution in [0.15, 0.2) is 60.7 Å². The van der Waals surface area contributed by atoms with E-state index in [2.05, 4.69) is 64.2 Å². The second-order valence-electron chi connectivity index (χ2n) is 15.1. The third kappa shape index (κ3) is 6.99. The summed E-state index contributed by atoms with van der Waals surface area (Å²) in [5, 5.41) is 16.9. The summed E-state index contributed by atoms with van der Waals surface area (Å²) >= 11 is 6.31. The average molecular weight is 759 g/mol. The Kier molecular flexibility index (Phi) is 9.92. The normalized spacial score (nSPS) is 19.5. The lowest BCUT2D eigenvalue weighted by atomic mass is 9.94. The maximum atomic E-state index is 13.6. The summed E-state index contributed by atoms with van der Waals surface area (Å²) in [7, 11) is 0. The first kappa shape index (κ1) is 36.5. The van der Waals surface area contributed by atoms with Gasteiger partial charge in [0.15, 0.2) is 0 Å². The van der Waals surface area contributed by atoms with Crippen molar-refractivity contribution < 1.29 is 19.2 Å². The maximum absolute atomic E-state index is 13.6.